The zero-order valence-corrected chi connectivity index (χ0v) is 13.7. The lowest BCUT2D eigenvalue weighted by atomic mass is 10.1. The van der Waals surface area contributed by atoms with Crippen LogP contribution in [0.5, 0.6) is 0 Å². The molecule has 2 amide bonds. The van der Waals surface area contributed by atoms with E-state index in [1.54, 1.807) is 11.1 Å². The third-order valence-corrected chi connectivity index (χ3v) is 4.28. The van der Waals surface area contributed by atoms with E-state index in [-0.39, 0.29) is 24.2 Å². The van der Waals surface area contributed by atoms with Gasteiger partial charge in [-0.15, -0.1) is 0 Å². The number of carbonyl (C=O) groups is 2. The first-order chi connectivity index (χ1) is 11.0. The van der Waals surface area contributed by atoms with Crippen molar-refractivity contribution in [2.24, 2.45) is 11.8 Å². The second-order valence-electron chi connectivity index (χ2n) is 6.62. The van der Waals surface area contributed by atoms with Crippen molar-refractivity contribution in [1.82, 2.24) is 14.9 Å². The molecule has 1 atom stereocenters. The molecule has 1 unspecified atom stereocenters. The molecule has 122 valence electrons. The summed E-state index contributed by atoms with van der Waals surface area (Å²) in [6, 6.07) is 1.94. The fourth-order valence-electron chi connectivity index (χ4n) is 3.07. The van der Waals surface area contributed by atoms with Gasteiger partial charge in [0.05, 0.1) is 17.8 Å². The normalized spacial score (nSPS) is 18.2. The van der Waals surface area contributed by atoms with E-state index in [2.05, 4.69) is 29.1 Å². The van der Waals surface area contributed by atoms with Crippen LogP contribution in [-0.4, -0.2) is 39.8 Å². The van der Waals surface area contributed by atoms with Crippen molar-refractivity contribution < 1.29 is 9.59 Å². The number of pyridine rings is 1. The van der Waals surface area contributed by atoms with Gasteiger partial charge in [-0.3, -0.25) is 9.59 Å². The number of hydrogen-bond donors (Lipinski definition) is 2. The van der Waals surface area contributed by atoms with Crippen molar-refractivity contribution >= 4 is 28.5 Å². The van der Waals surface area contributed by atoms with E-state index in [9.17, 15) is 9.59 Å². The number of likely N-dealkylation sites (tertiary alicyclic amines) is 1. The van der Waals surface area contributed by atoms with Crippen LogP contribution in [0, 0.1) is 18.8 Å². The van der Waals surface area contributed by atoms with Crippen molar-refractivity contribution in [3.05, 3.63) is 24.0 Å². The second-order valence-corrected chi connectivity index (χ2v) is 6.62. The van der Waals surface area contributed by atoms with Crippen LogP contribution >= 0.6 is 0 Å². The van der Waals surface area contributed by atoms with Gasteiger partial charge in [-0.1, -0.05) is 13.8 Å². The summed E-state index contributed by atoms with van der Waals surface area (Å²) in [5, 5.41) is 3.93. The van der Waals surface area contributed by atoms with Gasteiger partial charge in [0, 0.05) is 31.1 Å². The number of aromatic amines is 1. The zero-order chi connectivity index (χ0) is 16.6. The minimum atomic E-state index is -0.289. The maximum Gasteiger partial charge on any atom is 0.229 e. The fourth-order valence-corrected chi connectivity index (χ4v) is 3.07. The van der Waals surface area contributed by atoms with Gasteiger partial charge in [0.25, 0.3) is 0 Å². The Hall–Kier alpha value is -2.37. The number of carbonyl (C=O) groups excluding carboxylic acids is 2. The highest BCUT2D eigenvalue weighted by atomic mass is 16.2. The molecule has 0 aromatic carbocycles. The molecule has 2 N–H and O–H groups in total. The number of nitrogens with one attached hydrogen (secondary N) is 2. The summed E-state index contributed by atoms with van der Waals surface area (Å²) in [5.41, 5.74) is 2.49. The predicted octanol–water partition coefficient (Wildman–Crippen LogP) is 2.31. The van der Waals surface area contributed by atoms with E-state index in [0.717, 1.165) is 16.6 Å². The molecular weight excluding hydrogens is 292 g/mol. The number of rotatable bonds is 4. The summed E-state index contributed by atoms with van der Waals surface area (Å²) < 4.78 is 0. The third kappa shape index (κ3) is 3.06. The van der Waals surface area contributed by atoms with Crippen molar-refractivity contribution in [1.29, 1.82) is 0 Å². The van der Waals surface area contributed by atoms with Gasteiger partial charge in [0.1, 0.15) is 5.65 Å². The number of nitrogens with zero attached hydrogens (tertiary/aromatic N) is 2. The van der Waals surface area contributed by atoms with Crippen LogP contribution in [0.2, 0.25) is 0 Å². The Kier molecular flexibility index (Phi) is 4.07. The van der Waals surface area contributed by atoms with Gasteiger partial charge in [0.15, 0.2) is 0 Å². The molecule has 1 fully saturated rings. The molecule has 2 aromatic rings. The van der Waals surface area contributed by atoms with Gasteiger partial charge in [0.2, 0.25) is 11.8 Å². The van der Waals surface area contributed by atoms with Gasteiger partial charge < -0.3 is 15.2 Å². The van der Waals surface area contributed by atoms with E-state index in [0.29, 0.717) is 24.7 Å². The van der Waals surface area contributed by atoms with Gasteiger partial charge in [-0.2, -0.15) is 0 Å². The van der Waals surface area contributed by atoms with Gasteiger partial charge >= 0.3 is 0 Å². The van der Waals surface area contributed by atoms with Crippen LogP contribution in [-0.2, 0) is 9.59 Å². The summed E-state index contributed by atoms with van der Waals surface area (Å²) in [6.45, 7) is 7.31. The Labute approximate surface area is 135 Å². The molecule has 3 rings (SSSR count). The van der Waals surface area contributed by atoms with E-state index >= 15 is 0 Å². The SMILES string of the molecule is Cc1c(NC(=O)C2CC(=O)N(CC(C)C)C2)cnc2[nH]ccc12. The molecule has 1 aliphatic rings. The van der Waals surface area contributed by atoms with Gasteiger partial charge in [-0.05, 0) is 24.5 Å². The standard InChI is InChI=1S/C17H22N4O2/c1-10(2)8-21-9-12(6-15(21)22)17(23)20-14-7-19-16-13(11(14)3)4-5-18-16/h4-5,7,10,12H,6,8-9H2,1-3H3,(H,18,19)(H,20,23). The highest BCUT2D eigenvalue weighted by molar-refractivity contribution is 5.99. The smallest absolute Gasteiger partial charge is 0.229 e. The molecule has 6 nitrogen and oxygen atoms in total. The first-order valence-electron chi connectivity index (χ1n) is 7.97. The van der Waals surface area contributed by atoms with Crippen LogP contribution in [0.4, 0.5) is 5.69 Å². The van der Waals surface area contributed by atoms with Crippen molar-refractivity contribution in [2.75, 3.05) is 18.4 Å². The van der Waals surface area contributed by atoms with Crippen molar-refractivity contribution in [3.63, 3.8) is 0 Å². The predicted molar refractivity (Wildman–Crippen MR) is 89.0 cm³/mol. The van der Waals surface area contributed by atoms with Gasteiger partial charge in [-0.25, -0.2) is 4.98 Å². The lowest BCUT2D eigenvalue weighted by Gasteiger charge is -2.18. The Morgan fingerprint density at radius 1 is 1.52 bits per heavy atom. The highest BCUT2D eigenvalue weighted by Gasteiger charge is 2.34. The molecule has 0 saturated carbocycles. The Morgan fingerprint density at radius 3 is 3.04 bits per heavy atom. The van der Waals surface area contributed by atoms with Crippen molar-refractivity contribution in [2.45, 2.75) is 27.2 Å². The summed E-state index contributed by atoms with van der Waals surface area (Å²) in [6.07, 6.45) is 3.78. The lowest BCUT2D eigenvalue weighted by Crippen LogP contribution is -2.31. The Bertz CT molecular complexity index is 750. The van der Waals surface area contributed by atoms with E-state index < -0.39 is 0 Å². The van der Waals surface area contributed by atoms with E-state index in [1.807, 2.05) is 19.2 Å². The minimum Gasteiger partial charge on any atom is -0.346 e. The third-order valence-electron chi connectivity index (χ3n) is 4.28. The summed E-state index contributed by atoms with van der Waals surface area (Å²) in [5.74, 6) is 0.0740. The summed E-state index contributed by atoms with van der Waals surface area (Å²) >= 11 is 0. The number of hydrogen-bond acceptors (Lipinski definition) is 3. The molecule has 0 bridgehead atoms. The van der Waals surface area contributed by atoms with Crippen LogP contribution in [0.3, 0.4) is 0 Å². The molecule has 1 saturated heterocycles. The van der Waals surface area contributed by atoms with E-state index in [1.165, 1.54) is 0 Å². The number of fused-ring (bicyclic) bond motifs is 1. The summed E-state index contributed by atoms with van der Waals surface area (Å²) in [7, 11) is 0. The Morgan fingerprint density at radius 2 is 2.30 bits per heavy atom. The topological polar surface area (TPSA) is 78.1 Å². The molecule has 3 heterocycles. The number of aryl methyl sites for hydroxylation is 1. The maximum absolute atomic E-state index is 12.5. The molecule has 0 radical (unpaired) electrons. The van der Waals surface area contributed by atoms with Crippen molar-refractivity contribution in [3.8, 4) is 0 Å². The molecule has 2 aromatic heterocycles. The first kappa shape index (κ1) is 15.5. The minimum absolute atomic E-state index is 0.0646. The largest absolute Gasteiger partial charge is 0.346 e. The molecule has 0 spiro atoms. The molecule has 23 heavy (non-hydrogen) atoms. The first-order valence-corrected chi connectivity index (χ1v) is 7.97. The van der Waals surface area contributed by atoms with E-state index in [4.69, 9.17) is 0 Å². The number of aromatic nitrogens is 2. The lowest BCUT2D eigenvalue weighted by molar-refractivity contribution is -0.128. The average Bonchev–Trinajstić information content (AvgIpc) is 3.09. The van der Waals surface area contributed by atoms with Crippen LogP contribution < -0.4 is 5.32 Å². The Balaban J connectivity index is 1.71. The number of H-pyrrole nitrogens is 1. The summed E-state index contributed by atoms with van der Waals surface area (Å²) in [4.78, 5) is 33.6. The maximum atomic E-state index is 12.5. The highest BCUT2D eigenvalue weighted by Crippen LogP contribution is 2.25. The molecular formula is C17H22N4O2. The molecule has 1 aliphatic heterocycles. The second kappa shape index (κ2) is 6.02. The zero-order valence-electron chi connectivity index (χ0n) is 13.7. The fraction of sp³-hybridized carbons (Fsp3) is 0.471. The molecule has 6 heteroatoms. The monoisotopic (exact) mass is 314 g/mol. The number of anilines is 1. The average molecular weight is 314 g/mol. The van der Waals surface area contributed by atoms with Crippen LogP contribution in [0.15, 0.2) is 18.5 Å². The quantitative estimate of drug-likeness (QED) is 0.909. The number of amides is 2. The molecule has 0 aliphatic carbocycles. The van der Waals surface area contributed by atoms with Crippen LogP contribution in [0.25, 0.3) is 11.0 Å². The van der Waals surface area contributed by atoms with Crippen LogP contribution in [0.1, 0.15) is 25.8 Å².